The predicted octanol–water partition coefficient (Wildman–Crippen LogP) is 9.07. The van der Waals surface area contributed by atoms with Crippen LogP contribution in [0.3, 0.4) is 0 Å². The van der Waals surface area contributed by atoms with E-state index in [0.717, 1.165) is 33.4 Å². The van der Waals surface area contributed by atoms with E-state index in [-0.39, 0.29) is 0 Å². The number of hydrogen-bond acceptors (Lipinski definition) is 1. The summed E-state index contributed by atoms with van der Waals surface area (Å²) >= 11 is 1.82. The standard InChI is InChI=1S/C31H21OS/c1-3-11-22(12-4-1)27-19-24-15-7-9-17-28(24)32-29(27)20-25-21-31(23-13-5-2-6-14-23)33-30-18-10-8-16-26(25)30/h1-21H/q+1. The Morgan fingerprint density at radius 2 is 1.27 bits per heavy atom. The van der Waals surface area contributed by atoms with Gasteiger partial charge in [-0.25, -0.2) is 4.42 Å². The molecule has 0 saturated heterocycles. The maximum Gasteiger partial charge on any atom is 0.362 e. The Labute approximate surface area is 197 Å². The van der Waals surface area contributed by atoms with Gasteiger partial charge in [-0.1, -0.05) is 103 Å². The largest absolute Gasteiger partial charge is 0.362 e. The molecule has 5 aromatic rings. The molecule has 0 saturated carbocycles. The third-order valence-corrected chi connectivity index (χ3v) is 6.99. The smallest absolute Gasteiger partial charge is 0.207 e. The minimum Gasteiger partial charge on any atom is -0.207 e. The first-order valence-electron chi connectivity index (χ1n) is 11.0. The molecule has 0 N–H and O–H groups in total. The molecule has 1 nitrogen and oxygen atoms in total. The molecule has 0 atom stereocenters. The van der Waals surface area contributed by atoms with E-state index in [9.17, 15) is 0 Å². The highest BCUT2D eigenvalue weighted by atomic mass is 32.2. The van der Waals surface area contributed by atoms with Gasteiger partial charge < -0.3 is 0 Å². The maximum atomic E-state index is 6.49. The van der Waals surface area contributed by atoms with Crippen LogP contribution in [0.25, 0.3) is 38.7 Å². The molecule has 0 amide bonds. The zero-order valence-corrected chi connectivity index (χ0v) is 18.8. The second kappa shape index (κ2) is 8.57. The number of para-hydroxylation sites is 1. The topological polar surface area (TPSA) is 11.3 Å². The van der Waals surface area contributed by atoms with Crippen molar-refractivity contribution in [1.29, 1.82) is 0 Å². The molecule has 0 spiro atoms. The van der Waals surface area contributed by atoms with Gasteiger partial charge in [-0.15, -0.1) is 0 Å². The van der Waals surface area contributed by atoms with Crippen molar-refractivity contribution in [3.05, 3.63) is 138 Å². The van der Waals surface area contributed by atoms with Crippen molar-refractivity contribution in [3.63, 3.8) is 0 Å². The van der Waals surface area contributed by atoms with Gasteiger partial charge in [0.25, 0.3) is 0 Å². The summed E-state index contributed by atoms with van der Waals surface area (Å²) in [5.74, 6) is 0.861. The molecular weight excluding hydrogens is 420 g/mol. The van der Waals surface area contributed by atoms with Gasteiger partial charge in [-0.2, -0.15) is 0 Å². The third-order valence-electron chi connectivity index (χ3n) is 5.84. The van der Waals surface area contributed by atoms with Crippen molar-refractivity contribution in [2.75, 3.05) is 0 Å². The lowest BCUT2D eigenvalue weighted by Crippen LogP contribution is -1.94. The highest BCUT2D eigenvalue weighted by molar-refractivity contribution is 8.08. The summed E-state index contributed by atoms with van der Waals surface area (Å²) in [5, 5.41) is 1.10. The Hall–Kier alpha value is -3.88. The molecule has 33 heavy (non-hydrogen) atoms. The van der Waals surface area contributed by atoms with Crippen molar-refractivity contribution in [2.24, 2.45) is 0 Å². The van der Waals surface area contributed by atoms with E-state index in [1.165, 1.54) is 20.9 Å². The molecule has 0 radical (unpaired) electrons. The molecule has 1 aliphatic heterocycles. The van der Waals surface area contributed by atoms with Crippen molar-refractivity contribution >= 4 is 39.3 Å². The van der Waals surface area contributed by atoms with Gasteiger partial charge in [-0.05, 0) is 46.5 Å². The average molecular weight is 442 g/mol. The monoisotopic (exact) mass is 441 g/mol. The maximum absolute atomic E-state index is 6.49. The Kier molecular flexibility index (Phi) is 5.14. The molecule has 4 aromatic carbocycles. The summed E-state index contributed by atoms with van der Waals surface area (Å²) in [5.41, 5.74) is 6.72. The van der Waals surface area contributed by atoms with Crippen LogP contribution in [0, 0.1) is 0 Å². The molecule has 2 heterocycles. The van der Waals surface area contributed by atoms with E-state index in [1.807, 2.05) is 36.0 Å². The summed E-state index contributed by atoms with van der Waals surface area (Å²) < 4.78 is 6.49. The zero-order valence-electron chi connectivity index (χ0n) is 17.9. The molecule has 0 fully saturated rings. The van der Waals surface area contributed by atoms with E-state index in [2.05, 4.69) is 103 Å². The van der Waals surface area contributed by atoms with Crippen molar-refractivity contribution < 1.29 is 4.42 Å². The van der Waals surface area contributed by atoms with Crippen LogP contribution in [0.1, 0.15) is 16.9 Å². The fraction of sp³-hybridized carbons (Fsp3) is 0. The van der Waals surface area contributed by atoms with Gasteiger partial charge in [0.15, 0.2) is 0 Å². The van der Waals surface area contributed by atoms with Crippen molar-refractivity contribution in [1.82, 2.24) is 0 Å². The van der Waals surface area contributed by atoms with Crippen LogP contribution in [0.5, 0.6) is 0 Å². The first kappa shape index (κ1) is 19.8. The SMILES string of the molecule is C1=C(c2ccccc2)Sc2ccccc2C1=Cc1[o+]c2ccccc2cc1-c1ccccc1. The van der Waals surface area contributed by atoms with E-state index in [0.29, 0.717) is 0 Å². The van der Waals surface area contributed by atoms with Crippen LogP contribution < -0.4 is 0 Å². The quantitative estimate of drug-likeness (QED) is 0.259. The molecule has 1 aromatic heterocycles. The number of hydrogen-bond donors (Lipinski definition) is 0. The summed E-state index contributed by atoms with van der Waals surface area (Å²) in [7, 11) is 0. The number of benzene rings is 4. The second-order valence-corrected chi connectivity index (χ2v) is 9.08. The highest BCUT2D eigenvalue weighted by Crippen LogP contribution is 2.45. The molecule has 1 aliphatic rings. The van der Waals surface area contributed by atoms with E-state index < -0.39 is 0 Å². The Morgan fingerprint density at radius 1 is 0.606 bits per heavy atom. The van der Waals surface area contributed by atoms with Gasteiger partial charge in [-0.3, -0.25) is 0 Å². The molecule has 156 valence electrons. The molecular formula is C31H21OS+. The molecule has 0 aliphatic carbocycles. The fourth-order valence-corrected chi connectivity index (χ4v) is 5.33. The van der Waals surface area contributed by atoms with Crippen LogP contribution in [-0.2, 0) is 0 Å². The molecule has 0 bridgehead atoms. The summed E-state index contributed by atoms with van der Waals surface area (Å²) in [6.07, 6.45) is 4.47. The molecule has 0 unspecified atom stereocenters. The normalized spacial score (nSPS) is 14.2. The van der Waals surface area contributed by atoms with E-state index in [1.54, 1.807) is 0 Å². The van der Waals surface area contributed by atoms with Gasteiger partial charge in [0.1, 0.15) is 0 Å². The van der Waals surface area contributed by atoms with Crippen LogP contribution in [0.15, 0.2) is 131 Å². The lowest BCUT2D eigenvalue weighted by Gasteiger charge is -2.18. The van der Waals surface area contributed by atoms with Gasteiger partial charge in [0.05, 0.1) is 17.0 Å². The minimum absolute atomic E-state index is 0.861. The highest BCUT2D eigenvalue weighted by Gasteiger charge is 2.22. The summed E-state index contributed by atoms with van der Waals surface area (Å²) in [6, 6.07) is 40.0. The minimum atomic E-state index is 0.861. The van der Waals surface area contributed by atoms with Gasteiger partial charge in [0, 0.05) is 15.9 Å². The summed E-state index contributed by atoms with van der Waals surface area (Å²) in [6.45, 7) is 0. The number of allylic oxidation sites excluding steroid dienone is 2. The first-order valence-corrected chi connectivity index (χ1v) is 11.8. The van der Waals surface area contributed by atoms with Gasteiger partial charge >= 0.3 is 11.3 Å². The number of thioether (sulfide) groups is 1. The van der Waals surface area contributed by atoms with Crippen LogP contribution in [0.2, 0.25) is 0 Å². The average Bonchev–Trinajstić information content (AvgIpc) is 2.89. The van der Waals surface area contributed by atoms with Crippen LogP contribution in [0.4, 0.5) is 0 Å². The van der Waals surface area contributed by atoms with Crippen molar-refractivity contribution in [2.45, 2.75) is 4.90 Å². The van der Waals surface area contributed by atoms with Crippen LogP contribution in [-0.4, -0.2) is 0 Å². The van der Waals surface area contributed by atoms with Gasteiger partial charge in [0.2, 0.25) is 0 Å². The van der Waals surface area contributed by atoms with Crippen LogP contribution >= 0.6 is 11.8 Å². The third kappa shape index (κ3) is 3.90. The molecule has 2 heteroatoms. The Bertz CT molecular complexity index is 1520. The first-order chi connectivity index (χ1) is 16.3. The van der Waals surface area contributed by atoms with E-state index >= 15 is 0 Å². The lowest BCUT2D eigenvalue weighted by molar-refractivity contribution is 0.594. The Morgan fingerprint density at radius 3 is 2.09 bits per heavy atom. The lowest BCUT2D eigenvalue weighted by atomic mass is 9.98. The molecule has 6 rings (SSSR count). The number of fused-ring (bicyclic) bond motifs is 2. The van der Waals surface area contributed by atoms with Crippen molar-refractivity contribution in [3.8, 4) is 11.1 Å². The fourth-order valence-electron chi connectivity index (χ4n) is 4.21. The Balaban J connectivity index is 1.59. The zero-order chi connectivity index (χ0) is 22.0. The van der Waals surface area contributed by atoms with E-state index in [4.69, 9.17) is 4.42 Å². The second-order valence-electron chi connectivity index (χ2n) is 8.00. The number of rotatable bonds is 3. The summed E-state index contributed by atoms with van der Waals surface area (Å²) in [4.78, 5) is 2.50. The predicted molar refractivity (Wildman–Crippen MR) is 141 cm³/mol.